The minimum absolute atomic E-state index is 0.283. The van der Waals surface area contributed by atoms with Gasteiger partial charge in [-0.3, -0.25) is 4.57 Å². The summed E-state index contributed by atoms with van der Waals surface area (Å²) in [5, 5.41) is 12.4. The zero-order valence-corrected chi connectivity index (χ0v) is 13.5. The molecule has 1 aromatic carbocycles. The Morgan fingerprint density at radius 3 is 2.65 bits per heavy atom. The van der Waals surface area contributed by atoms with Crippen molar-refractivity contribution in [2.75, 3.05) is 0 Å². The van der Waals surface area contributed by atoms with Crippen LogP contribution in [-0.4, -0.2) is 23.2 Å². The first-order chi connectivity index (χ1) is 9.34. The van der Waals surface area contributed by atoms with E-state index in [9.17, 15) is 12.8 Å². The maximum absolute atomic E-state index is 13.1. The van der Waals surface area contributed by atoms with E-state index in [1.165, 1.54) is 16.7 Å². The topological polar surface area (TPSA) is 90.9 Å². The Kier molecular flexibility index (Phi) is 4.39. The molecule has 1 heterocycles. The van der Waals surface area contributed by atoms with Gasteiger partial charge in [-0.15, -0.1) is 10.2 Å². The Morgan fingerprint density at radius 2 is 2.10 bits per heavy atom. The molecule has 20 heavy (non-hydrogen) atoms. The molecule has 0 spiro atoms. The fourth-order valence-corrected chi connectivity index (χ4v) is 3.15. The van der Waals surface area contributed by atoms with Gasteiger partial charge in [-0.1, -0.05) is 6.92 Å². The SMILES string of the molecule is CCCn1c(-c2ccc(F)cc2I)nnc1S(N)(=O)=O. The van der Waals surface area contributed by atoms with E-state index in [4.69, 9.17) is 5.14 Å². The Balaban J connectivity index is 2.66. The summed E-state index contributed by atoms with van der Waals surface area (Å²) in [6.07, 6.45) is 0.686. The van der Waals surface area contributed by atoms with Crippen LogP contribution in [0.4, 0.5) is 4.39 Å². The summed E-state index contributed by atoms with van der Waals surface area (Å²) in [6, 6.07) is 4.18. The molecule has 0 aliphatic carbocycles. The molecule has 0 saturated carbocycles. The van der Waals surface area contributed by atoms with Crippen LogP contribution in [0.1, 0.15) is 13.3 Å². The molecule has 0 radical (unpaired) electrons. The summed E-state index contributed by atoms with van der Waals surface area (Å²) in [4.78, 5) is 0. The molecule has 108 valence electrons. The molecule has 0 atom stereocenters. The Hall–Kier alpha value is -1.07. The van der Waals surface area contributed by atoms with Gasteiger partial charge in [0.15, 0.2) is 5.82 Å². The highest BCUT2D eigenvalue weighted by Gasteiger charge is 2.22. The second kappa shape index (κ2) is 5.74. The molecule has 0 bridgehead atoms. The fraction of sp³-hybridized carbons (Fsp3) is 0.273. The molecule has 6 nitrogen and oxygen atoms in total. The molecule has 0 saturated heterocycles. The molecule has 0 unspecified atom stereocenters. The van der Waals surface area contributed by atoms with Gasteiger partial charge in [-0.25, -0.2) is 17.9 Å². The molecule has 0 aliphatic rings. The lowest BCUT2D eigenvalue weighted by Crippen LogP contribution is -2.19. The lowest BCUT2D eigenvalue weighted by Gasteiger charge is -2.09. The third-order valence-corrected chi connectivity index (χ3v) is 4.29. The number of hydrogen-bond donors (Lipinski definition) is 1. The number of rotatable bonds is 4. The molecule has 9 heteroatoms. The Labute approximate surface area is 129 Å². The van der Waals surface area contributed by atoms with E-state index in [-0.39, 0.29) is 11.0 Å². The zero-order valence-electron chi connectivity index (χ0n) is 10.5. The summed E-state index contributed by atoms with van der Waals surface area (Å²) >= 11 is 1.96. The van der Waals surface area contributed by atoms with Crippen molar-refractivity contribution >= 4 is 32.6 Å². The number of hydrogen-bond acceptors (Lipinski definition) is 4. The van der Waals surface area contributed by atoms with Crippen molar-refractivity contribution in [2.24, 2.45) is 5.14 Å². The number of sulfonamides is 1. The second-order valence-electron chi connectivity index (χ2n) is 4.13. The highest BCUT2D eigenvalue weighted by molar-refractivity contribution is 14.1. The Bertz CT molecular complexity index is 745. The average Bonchev–Trinajstić information content (AvgIpc) is 2.73. The maximum atomic E-state index is 13.1. The monoisotopic (exact) mass is 410 g/mol. The average molecular weight is 410 g/mol. The number of aromatic nitrogens is 3. The largest absolute Gasteiger partial charge is 0.297 e. The van der Waals surface area contributed by atoms with Gasteiger partial charge < -0.3 is 0 Å². The molecular weight excluding hydrogens is 398 g/mol. The van der Waals surface area contributed by atoms with Crippen molar-refractivity contribution < 1.29 is 12.8 Å². The number of nitrogens with zero attached hydrogens (tertiary/aromatic N) is 3. The molecule has 0 aliphatic heterocycles. The van der Waals surface area contributed by atoms with Crippen LogP contribution in [0, 0.1) is 9.39 Å². The zero-order chi connectivity index (χ0) is 14.9. The van der Waals surface area contributed by atoms with Gasteiger partial charge >= 0.3 is 0 Å². The molecule has 1 aromatic heterocycles. The van der Waals surface area contributed by atoms with Gasteiger partial charge in [0.2, 0.25) is 0 Å². The minimum Gasteiger partial charge on any atom is -0.297 e. The third-order valence-electron chi connectivity index (χ3n) is 2.59. The predicted octanol–water partition coefficient (Wildman–Crippen LogP) is 1.75. The summed E-state index contributed by atoms with van der Waals surface area (Å²) in [7, 11) is -3.95. The van der Waals surface area contributed by atoms with Crippen LogP contribution in [0.3, 0.4) is 0 Å². The first-order valence-electron chi connectivity index (χ1n) is 5.76. The summed E-state index contributed by atoms with van der Waals surface area (Å²) < 4.78 is 38.2. The molecular formula is C11H12FIN4O2S. The summed E-state index contributed by atoms with van der Waals surface area (Å²) in [6.45, 7) is 2.30. The fourth-order valence-electron chi connectivity index (χ4n) is 1.79. The quantitative estimate of drug-likeness (QED) is 0.778. The number of benzene rings is 1. The van der Waals surface area contributed by atoms with E-state index >= 15 is 0 Å². The molecule has 2 aromatic rings. The highest BCUT2D eigenvalue weighted by atomic mass is 127. The number of nitrogens with two attached hydrogens (primary N) is 1. The van der Waals surface area contributed by atoms with Gasteiger partial charge in [0.25, 0.3) is 15.2 Å². The first-order valence-corrected chi connectivity index (χ1v) is 8.38. The van der Waals surface area contributed by atoms with Crippen molar-refractivity contribution in [3.05, 3.63) is 27.6 Å². The number of halogens is 2. The highest BCUT2D eigenvalue weighted by Crippen LogP contribution is 2.26. The van der Waals surface area contributed by atoms with E-state index < -0.39 is 10.0 Å². The smallest absolute Gasteiger partial charge is 0.273 e. The molecule has 2 N–H and O–H groups in total. The third kappa shape index (κ3) is 2.99. The first kappa shape index (κ1) is 15.3. The Morgan fingerprint density at radius 1 is 1.40 bits per heavy atom. The van der Waals surface area contributed by atoms with Crippen molar-refractivity contribution in [3.63, 3.8) is 0 Å². The van der Waals surface area contributed by atoms with E-state index in [2.05, 4.69) is 10.2 Å². The van der Waals surface area contributed by atoms with Crippen molar-refractivity contribution in [1.29, 1.82) is 0 Å². The van der Waals surface area contributed by atoms with E-state index in [1.807, 2.05) is 29.5 Å². The standard InChI is InChI=1S/C11H12FIN4O2S/c1-2-5-17-10(15-16-11(17)20(14,18)19)8-4-3-7(12)6-9(8)13/h3-4,6H,2,5H2,1H3,(H2,14,18,19). The van der Waals surface area contributed by atoms with Crippen LogP contribution in [0.2, 0.25) is 0 Å². The lowest BCUT2D eigenvalue weighted by molar-refractivity contribution is 0.559. The van der Waals surface area contributed by atoms with Crippen molar-refractivity contribution in [1.82, 2.24) is 14.8 Å². The van der Waals surface area contributed by atoms with Crippen LogP contribution in [0.15, 0.2) is 23.4 Å². The van der Waals surface area contributed by atoms with Gasteiger partial charge in [0, 0.05) is 15.7 Å². The van der Waals surface area contributed by atoms with Crippen molar-refractivity contribution in [3.8, 4) is 11.4 Å². The molecule has 0 fully saturated rings. The van der Waals surface area contributed by atoms with Crippen LogP contribution in [-0.2, 0) is 16.6 Å². The summed E-state index contributed by atoms with van der Waals surface area (Å²) in [5.41, 5.74) is 0.614. The molecule has 0 amide bonds. The predicted molar refractivity (Wildman–Crippen MR) is 79.8 cm³/mol. The van der Waals surface area contributed by atoms with E-state index in [0.717, 1.165) is 0 Å². The van der Waals surface area contributed by atoms with Crippen LogP contribution in [0.5, 0.6) is 0 Å². The minimum atomic E-state index is -3.95. The van der Waals surface area contributed by atoms with Gasteiger partial charge in [0.05, 0.1) is 0 Å². The molecule has 2 rings (SSSR count). The lowest BCUT2D eigenvalue weighted by atomic mass is 10.2. The van der Waals surface area contributed by atoms with E-state index in [1.54, 1.807) is 6.07 Å². The van der Waals surface area contributed by atoms with Gasteiger partial charge in [0.1, 0.15) is 5.82 Å². The number of primary sulfonamides is 1. The maximum Gasteiger partial charge on any atom is 0.273 e. The van der Waals surface area contributed by atoms with Crippen LogP contribution in [0.25, 0.3) is 11.4 Å². The van der Waals surface area contributed by atoms with Crippen LogP contribution >= 0.6 is 22.6 Å². The normalized spacial score (nSPS) is 11.8. The summed E-state index contributed by atoms with van der Waals surface area (Å²) in [5.74, 6) is -0.00773. The van der Waals surface area contributed by atoms with Crippen LogP contribution < -0.4 is 5.14 Å². The van der Waals surface area contributed by atoms with E-state index in [0.29, 0.717) is 27.9 Å². The second-order valence-corrected chi connectivity index (χ2v) is 6.74. The van der Waals surface area contributed by atoms with Gasteiger partial charge in [-0.05, 0) is 47.2 Å². The van der Waals surface area contributed by atoms with Crippen molar-refractivity contribution in [2.45, 2.75) is 25.0 Å². The van der Waals surface area contributed by atoms with Gasteiger partial charge in [-0.2, -0.15) is 0 Å².